The van der Waals surface area contributed by atoms with E-state index >= 15 is 0 Å². The number of amides is 2. The fourth-order valence-corrected chi connectivity index (χ4v) is 3.19. The maximum absolute atomic E-state index is 12.7. The van der Waals surface area contributed by atoms with Crippen molar-refractivity contribution in [1.82, 2.24) is 5.32 Å². The summed E-state index contributed by atoms with van der Waals surface area (Å²) in [4.78, 5) is 27.6. The topological polar surface area (TPSA) is 58.6 Å². The number of hydrogen-bond acceptors (Lipinski definition) is 4. The molecule has 2 aromatic rings. The van der Waals surface area contributed by atoms with Gasteiger partial charge in [0, 0.05) is 17.5 Å². The minimum Gasteiger partial charge on any atom is -0.477 e. The molecule has 1 aliphatic heterocycles. The molecule has 2 amide bonds. The van der Waals surface area contributed by atoms with Crippen LogP contribution in [0.5, 0.6) is 5.75 Å². The quantitative estimate of drug-likeness (QED) is 0.838. The van der Waals surface area contributed by atoms with Crippen LogP contribution in [0.25, 0.3) is 6.08 Å². The van der Waals surface area contributed by atoms with E-state index in [-0.39, 0.29) is 18.4 Å². The Kier molecular flexibility index (Phi) is 5.50. The molecule has 6 heteroatoms. The van der Waals surface area contributed by atoms with E-state index in [2.05, 4.69) is 5.32 Å². The van der Waals surface area contributed by atoms with Crippen molar-refractivity contribution in [2.24, 2.45) is 0 Å². The predicted molar refractivity (Wildman–Crippen MR) is 99.9 cm³/mol. The van der Waals surface area contributed by atoms with Crippen LogP contribution in [0.4, 0.5) is 5.69 Å². The molecule has 1 aromatic carbocycles. The molecular weight excluding hydrogens is 336 g/mol. The number of hydrogen-bond donors (Lipinski definition) is 1. The van der Waals surface area contributed by atoms with E-state index in [1.165, 1.54) is 6.08 Å². The molecule has 0 radical (unpaired) electrons. The average molecular weight is 356 g/mol. The lowest BCUT2D eigenvalue weighted by Gasteiger charge is -2.33. The Labute approximate surface area is 150 Å². The Morgan fingerprint density at radius 2 is 2.16 bits per heavy atom. The van der Waals surface area contributed by atoms with Crippen LogP contribution in [0.1, 0.15) is 18.2 Å². The van der Waals surface area contributed by atoms with E-state index in [0.29, 0.717) is 18.0 Å². The number of para-hydroxylation sites is 2. The highest BCUT2D eigenvalue weighted by molar-refractivity contribution is 7.10. The van der Waals surface area contributed by atoms with Crippen molar-refractivity contribution < 1.29 is 14.3 Å². The molecule has 0 saturated heterocycles. The second kappa shape index (κ2) is 7.98. The van der Waals surface area contributed by atoms with Crippen LogP contribution in [0.3, 0.4) is 0 Å². The first-order valence-electron chi connectivity index (χ1n) is 8.25. The molecule has 130 valence electrons. The van der Waals surface area contributed by atoms with E-state index in [9.17, 15) is 9.59 Å². The van der Waals surface area contributed by atoms with Gasteiger partial charge in [0.05, 0.1) is 12.2 Å². The molecule has 1 atom stereocenters. The number of carbonyl (C=O) groups excluding carboxylic acids is 2. The lowest BCUT2D eigenvalue weighted by Crippen LogP contribution is -2.50. The van der Waals surface area contributed by atoms with Crippen LogP contribution in [0.2, 0.25) is 0 Å². The first-order chi connectivity index (χ1) is 12.2. The zero-order chi connectivity index (χ0) is 17.6. The Morgan fingerprint density at radius 3 is 2.92 bits per heavy atom. The number of rotatable bonds is 5. The summed E-state index contributed by atoms with van der Waals surface area (Å²) in [6, 6.07) is 11.2. The van der Waals surface area contributed by atoms with Gasteiger partial charge < -0.3 is 15.0 Å². The number of thiophene rings is 1. The molecule has 0 saturated carbocycles. The number of nitrogens with zero attached hydrogens (tertiary/aromatic N) is 1. The van der Waals surface area contributed by atoms with E-state index in [0.717, 1.165) is 11.3 Å². The van der Waals surface area contributed by atoms with Gasteiger partial charge in [-0.1, -0.05) is 25.1 Å². The molecule has 1 aromatic heterocycles. The smallest absolute Gasteiger partial charge is 0.262 e. The van der Waals surface area contributed by atoms with E-state index < -0.39 is 6.10 Å². The Balaban J connectivity index is 1.81. The first kappa shape index (κ1) is 17.2. The summed E-state index contributed by atoms with van der Waals surface area (Å²) in [6.07, 6.45) is 3.47. The van der Waals surface area contributed by atoms with Crippen molar-refractivity contribution >= 4 is 34.9 Å². The highest BCUT2D eigenvalue weighted by Crippen LogP contribution is 2.33. The van der Waals surface area contributed by atoms with Gasteiger partial charge in [0.15, 0.2) is 6.10 Å². The standard InChI is InChI=1S/C19H20N2O3S/c1-2-11-20-19(23)17-13-21(15-7-3-4-8-16(15)24-17)18(22)10-9-14-6-5-12-25-14/h3-10,12,17H,2,11,13H2,1H3,(H,20,23). The van der Waals surface area contributed by atoms with E-state index in [4.69, 9.17) is 4.74 Å². The summed E-state index contributed by atoms with van der Waals surface area (Å²) in [5.41, 5.74) is 0.683. The van der Waals surface area contributed by atoms with Gasteiger partial charge in [-0.25, -0.2) is 0 Å². The van der Waals surface area contributed by atoms with Gasteiger partial charge in [0.2, 0.25) is 0 Å². The molecule has 1 aliphatic rings. The van der Waals surface area contributed by atoms with Crippen molar-refractivity contribution in [2.45, 2.75) is 19.4 Å². The summed E-state index contributed by atoms with van der Waals surface area (Å²) < 4.78 is 5.79. The highest BCUT2D eigenvalue weighted by Gasteiger charge is 2.32. The molecule has 2 heterocycles. The van der Waals surface area contributed by atoms with Crippen LogP contribution in [0.15, 0.2) is 47.9 Å². The van der Waals surface area contributed by atoms with E-state index in [1.54, 1.807) is 28.4 Å². The number of fused-ring (bicyclic) bond motifs is 1. The molecule has 0 aliphatic carbocycles. The molecule has 0 bridgehead atoms. The molecule has 1 unspecified atom stereocenters. The zero-order valence-corrected chi connectivity index (χ0v) is 14.8. The third-order valence-electron chi connectivity index (χ3n) is 3.81. The SMILES string of the molecule is CCCNC(=O)C1CN(C(=O)C=Cc2cccs2)c2ccccc2O1. The normalized spacial score (nSPS) is 16.4. The van der Waals surface area contributed by atoms with E-state index in [1.807, 2.05) is 42.6 Å². The maximum Gasteiger partial charge on any atom is 0.262 e. The Hall–Kier alpha value is -2.60. The molecule has 0 fully saturated rings. The third-order valence-corrected chi connectivity index (χ3v) is 4.65. The fraction of sp³-hybridized carbons (Fsp3) is 0.263. The van der Waals surface area contributed by atoms with Crippen LogP contribution in [0, 0.1) is 0 Å². The number of nitrogens with one attached hydrogen (secondary N) is 1. The minimum atomic E-state index is -0.708. The summed E-state index contributed by atoms with van der Waals surface area (Å²) in [7, 11) is 0. The number of benzene rings is 1. The highest BCUT2D eigenvalue weighted by atomic mass is 32.1. The van der Waals surface area contributed by atoms with Gasteiger partial charge in [-0.15, -0.1) is 11.3 Å². The van der Waals surface area contributed by atoms with Crippen molar-refractivity contribution in [2.75, 3.05) is 18.0 Å². The molecule has 0 spiro atoms. The van der Waals surface area contributed by atoms with Gasteiger partial charge in [-0.2, -0.15) is 0 Å². The summed E-state index contributed by atoms with van der Waals surface area (Å²) in [5, 5.41) is 4.79. The molecule has 25 heavy (non-hydrogen) atoms. The number of anilines is 1. The zero-order valence-electron chi connectivity index (χ0n) is 14.0. The summed E-state index contributed by atoms with van der Waals surface area (Å²) in [5.74, 6) is 0.178. The second-order valence-electron chi connectivity index (χ2n) is 5.66. The summed E-state index contributed by atoms with van der Waals surface area (Å²) in [6.45, 7) is 2.77. The Bertz CT molecular complexity index is 771. The number of carbonyl (C=O) groups is 2. The third kappa shape index (κ3) is 4.09. The van der Waals surface area contributed by atoms with Crippen molar-refractivity contribution in [3.63, 3.8) is 0 Å². The lowest BCUT2D eigenvalue weighted by molar-refractivity contribution is -0.128. The van der Waals surface area contributed by atoms with Crippen molar-refractivity contribution in [1.29, 1.82) is 0 Å². The summed E-state index contributed by atoms with van der Waals surface area (Å²) >= 11 is 1.57. The molecule has 5 nitrogen and oxygen atoms in total. The van der Waals surface area contributed by atoms with Crippen LogP contribution >= 0.6 is 11.3 Å². The molecule has 1 N–H and O–H groups in total. The Morgan fingerprint density at radius 1 is 1.32 bits per heavy atom. The van der Waals surface area contributed by atoms with Gasteiger partial charge in [-0.05, 0) is 36.1 Å². The minimum absolute atomic E-state index is 0.169. The lowest BCUT2D eigenvalue weighted by atomic mass is 10.1. The molecular formula is C19H20N2O3S. The van der Waals surface area contributed by atoms with Gasteiger partial charge in [0.1, 0.15) is 5.75 Å². The maximum atomic E-state index is 12.7. The first-order valence-corrected chi connectivity index (χ1v) is 9.13. The van der Waals surface area contributed by atoms with Gasteiger partial charge in [0.25, 0.3) is 11.8 Å². The average Bonchev–Trinajstić information content (AvgIpc) is 3.16. The van der Waals surface area contributed by atoms with Gasteiger partial charge in [-0.3, -0.25) is 9.59 Å². The fourth-order valence-electron chi connectivity index (χ4n) is 2.57. The largest absolute Gasteiger partial charge is 0.477 e. The van der Waals surface area contributed by atoms with Crippen LogP contribution in [-0.4, -0.2) is 31.0 Å². The predicted octanol–water partition coefficient (Wildman–Crippen LogP) is 3.08. The number of ether oxygens (including phenoxy) is 1. The van der Waals surface area contributed by atoms with Crippen LogP contribution in [-0.2, 0) is 9.59 Å². The molecule has 3 rings (SSSR count). The van der Waals surface area contributed by atoms with Gasteiger partial charge >= 0.3 is 0 Å². The van der Waals surface area contributed by atoms with Crippen molar-refractivity contribution in [3.8, 4) is 5.75 Å². The monoisotopic (exact) mass is 356 g/mol. The van der Waals surface area contributed by atoms with Crippen molar-refractivity contribution in [3.05, 3.63) is 52.7 Å². The van der Waals surface area contributed by atoms with Crippen LogP contribution < -0.4 is 15.0 Å². The second-order valence-corrected chi connectivity index (χ2v) is 6.64.